The van der Waals surface area contributed by atoms with E-state index in [1.807, 2.05) is 25.1 Å². The number of ether oxygens (including phenoxy) is 1. The summed E-state index contributed by atoms with van der Waals surface area (Å²) in [4.78, 5) is 32.1. The first kappa shape index (κ1) is 28.7. The van der Waals surface area contributed by atoms with Crippen molar-refractivity contribution in [1.29, 1.82) is 0 Å². The van der Waals surface area contributed by atoms with E-state index in [4.69, 9.17) is 4.74 Å². The first-order chi connectivity index (χ1) is 17.7. The number of allylic oxidation sites excluding steroid dienone is 2. The Labute approximate surface area is 227 Å². The van der Waals surface area contributed by atoms with Gasteiger partial charge in [-0.25, -0.2) is 4.39 Å². The molecule has 8 nitrogen and oxygen atoms in total. The van der Waals surface area contributed by atoms with Crippen molar-refractivity contribution in [3.05, 3.63) is 110 Å². The zero-order chi connectivity index (χ0) is 26.5. The maximum Gasteiger partial charge on any atom is 0.310 e. The molecular weight excluding hydrogens is 535 g/mol. The molecule has 11 heteroatoms. The third kappa shape index (κ3) is 6.90. The van der Waals surface area contributed by atoms with Crippen LogP contribution in [0, 0.1) is 15.9 Å². The molecule has 3 aromatic rings. The monoisotopic (exact) mass is 558 g/mol. The molecule has 1 aromatic heterocycles. The number of hydrogen-bond donors (Lipinski definition) is 0. The van der Waals surface area contributed by atoms with E-state index in [0.29, 0.717) is 22.4 Å². The summed E-state index contributed by atoms with van der Waals surface area (Å²) in [6.07, 6.45) is 4.94. The molecule has 4 rings (SSSR count). The van der Waals surface area contributed by atoms with Crippen LogP contribution in [-0.2, 0) is 38.4 Å². The number of nitrogens with zero attached hydrogens (tertiary/aromatic N) is 2. The molecular formula is C27H24ClFN2O6S. The van der Waals surface area contributed by atoms with Crippen LogP contribution in [0.25, 0.3) is 17.2 Å². The van der Waals surface area contributed by atoms with Crippen LogP contribution < -0.4 is 0 Å². The second kappa shape index (κ2) is 12.6. The molecule has 1 aliphatic carbocycles. The topological polar surface area (TPSA) is 109 Å². The number of hydrogen-bond acceptors (Lipinski definition) is 7. The summed E-state index contributed by atoms with van der Waals surface area (Å²) in [6.45, 7) is 1.59. The van der Waals surface area contributed by atoms with E-state index in [2.05, 4.69) is 9.82 Å². The van der Waals surface area contributed by atoms with Crippen molar-refractivity contribution in [3.63, 3.8) is 0 Å². The van der Waals surface area contributed by atoms with Gasteiger partial charge in [-0.3, -0.25) is 14.0 Å². The maximum absolute atomic E-state index is 14.1. The van der Waals surface area contributed by atoms with Crippen LogP contribution in [0.1, 0.15) is 41.3 Å². The molecule has 1 heterocycles. The van der Waals surface area contributed by atoms with E-state index >= 15 is 0 Å². The molecule has 1 unspecified atom stereocenters. The Morgan fingerprint density at radius 3 is 2.47 bits per heavy atom. The minimum atomic E-state index is -1.08. The summed E-state index contributed by atoms with van der Waals surface area (Å²) in [6, 6.07) is 15.0. The lowest BCUT2D eigenvalue weighted by molar-refractivity contribution is -0.763. The molecule has 0 radical (unpaired) electrons. The quantitative estimate of drug-likeness (QED) is 0.192. The number of esters is 1. The van der Waals surface area contributed by atoms with E-state index in [-0.39, 0.29) is 32.0 Å². The van der Waals surface area contributed by atoms with Gasteiger partial charge in [-0.15, -0.1) is 22.5 Å². The van der Waals surface area contributed by atoms with Gasteiger partial charge in [-0.1, -0.05) is 24.3 Å². The minimum Gasteiger partial charge on any atom is -0.459 e. The lowest BCUT2D eigenvalue weighted by Crippen LogP contribution is -2.07. The highest BCUT2D eigenvalue weighted by molar-refractivity contribution is 7.84. The third-order valence-corrected chi connectivity index (χ3v) is 6.84. The fourth-order valence-electron chi connectivity index (χ4n) is 4.01. The average Bonchev–Trinajstić information content (AvgIpc) is 3.12. The normalized spacial score (nSPS) is 14.0. The lowest BCUT2D eigenvalue weighted by Gasteiger charge is -2.08. The van der Waals surface area contributed by atoms with Crippen LogP contribution >= 0.6 is 12.4 Å². The Balaban J connectivity index is 0.00000400. The zero-order valence-corrected chi connectivity index (χ0v) is 22.1. The number of halogens is 2. The van der Waals surface area contributed by atoms with E-state index in [1.165, 1.54) is 18.3 Å². The highest BCUT2D eigenvalue weighted by Gasteiger charge is 2.26. The largest absolute Gasteiger partial charge is 0.459 e. The molecule has 0 saturated heterocycles. The second-order valence-corrected chi connectivity index (χ2v) is 9.75. The summed E-state index contributed by atoms with van der Waals surface area (Å²) in [5.74, 6) is -0.901. The van der Waals surface area contributed by atoms with Gasteiger partial charge in [0.25, 0.3) is 5.09 Å². The van der Waals surface area contributed by atoms with Crippen molar-refractivity contribution >= 4 is 46.4 Å². The second-order valence-electron chi connectivity index (χ2n) is 8.37. The molecule has 0 bridgehead atoms. The molecule has 0 amide bonds. The minimum absolute atomic E-state index is 0. The number of aromatic nitrogens is 1. The highest BCUT2D eigenvalue weighted by Crippen LogP contribution is 2.44. The highest BCUT2D eigenvalue weighted by atomic mass is 35.5. The lowest BCUT2D eigenvalue weighted by atomic mass is 10.0. The van der Waals surface area contributed by atoms with Gasteiger partial charge in [0.2, 0.25) is 0 Å². The molecule has 38 heavy (non-hydrogen) atoms. The molecule has 0 N–H and O–H groups in total. The van der Waals surface area contributed by atoms with Crippen LogP contribution in [0.15, 0.2) is 71.3 Å². The van der Waals surface area contributed by atoms with Crippen LogP contribution in [0.5, 0.6) is 0 Å². The van der Waals surface area contributed by atoms with Gasteiger partial charge in [-0.05, 0) is 82.3 Å². The van der Waals surface area contributed by atoms with Crippen LogP contribution in [-0.4, -0.2) is 26.5 Å². The number of fused-ring (bicyclic) bond motifs is 1. The Morgan fingerprint density at radius 1 is 1.11 bits per heavy atom. The molecule has 2 aromatic carbocycles. The van der Waals surface area contributed by atoms with Crippen LogP contribution in [0.2, 0.25) is 0 Å². The molecule has 0 aliphatic heterocycles. The van der Waals surface area contributed by atoms with Gasteiger partial charge in [0.15, 0.2) is 0 Å². The molecule has 0 saturated carbocycles. The van der Waals surface area contributed by atoms with Crippen molar-refractivity contribution in [2.75, 3.05) is 6.26 Å². The standard InChI is InChI=1S/C27H23FN2O6S.ClH/c1-17-24(11-18-4-8-22(9-5-18)37(2)34)23-10-6-20(28)12-26(23)25(17)13-27(31)35-16-21-7-3-19(14-29-21)15-36-30(32)33;/h3-12,14H,13,15-16H2,1-2H3;1H/b24-11-;. The molecule has 198 valence electrons. The Hall–Kier alpha value is -3.89. The van der Waals surface area contributed by atoms with Crippen molar-refractivity contribution in [2.45, 2.75) is 31.5 Å². The Morgan fingerprint density at radius 2 is 1.84 bits per heavy atom. The van der Waals surface area contributed by atoms with Gasteiger partial charge in [-0.2, -0.15) is 0 Å². The molecule has 0 spiro atoms. The smallest absolute Gasteiger partial charge is 0.310 e. The fourth-order valence-corrected chi connectivity index (χ4v) is 4.53. The Bertz CT molecular complexity index is 1440. The van der Waals surface area contributed by atoms with Crippen LogP contribution in [0.4, 0.5) is 4.39 Å². The summed E-state index contributed by atoms with van der Waals surface area (Å²) in [5, 5.41) is 9.41. The van der Waals surface area contributed by atoms with Gasteiger partial charge < -0.3 is 9.57 Å². The fraction of sp³-hybridized carbons (Fsp3) is 0.185. The van der Waals surface area contributed by atoms with E-state index in [0.717, 1.165) is 27.2 Å². The van der Waals surface area contributed by atoms with E-state index in [9.17, 15) is 23.5 Å². The number of carbonyl (C=O) groups is 1. The van der Waals surface area contributed by atoms with E-state index < -0.39 is 27.7 Å². The summed E-state index contributed by atoms with van der Waals surface area (Å²) >= 11 is 0. The molecule has 1 atom stereocenters. The van der Waals surface area contributed by atoms with Gasteiger partial charge in [0, 0.05) is 28.1 Å². The van der Waals surface area contributed by atoms with Gasteiger partial charge >= 0.3 is 5.97 Å². The maximum atomic E-state index is 14.1. The third-order valence-electron chi connectivity index (χ3n) is 5.90. The van der Waals surface area contributed by atoms with Gasteiger partial charge in [0.05, 0.1) is 12.1 Å². The van der Waals surface area contributed by atoms with Gasteiger partial charge in [0.1, 0.15) is 19.0 Å². The van der Waals surface area contributed by atoms with Crippen molar-refractivity contribution in [1.82, 2.24) is 4.98 Å². The van der Waals surface area contributed by atoms with E-state index in [1.54, 1.807) is 36.6 Å². The molecule has 0 fully saturated rings. The zero-order valence-electron chi connectivity index (χ0n) is 20.5. The average molecular weight is 559 g/mol. The van der Waals surface area contributed by atoms with Crippen molar-refractivity contribution in [2.24, 2.45) is 0 Å². The van der Waals surface area contributed by atoms with Crippen molar-refractivity contribution < 1.29 is 28.1 Å². The number of pyridine rings is 1. The summed E-state index contributed by atoms with van der Waals surface area (Å²) in [5.41, 5.74) is 5.72. The predicted octanol–water partition coefficient (Wildman–Crippen LogP) is 5.55. The first-order valence-corrected chi connectivity index (χ1v) is 12.8. The summed E-state index contributed by atoms with van der Waals surface area (Å²) < 4.78 is 31.2. The first-order valence-electron chi connectivity index (χ1n) is 11.2. The number of rotatable bonds is 9. The summed E-state index contributed by atoms with van der Waals surface area (Å²) in [7, 11) is -1.08. The number of benzene rings is 2. The predicted molar refractivity (Wildman–Crippen MR) is 143 cm³/mol. The van der Waals surface area contributed by atoms with Crippen LogP contribution in [0.3, 0.4) is 0 Å². The number of carbonyl (C=O) groups excluding carboxylic acids is 1. The van der Waals surface area contributed by atoms with Crippen molar-refractivity contribution in [3.8, 4) is 0 Å². The Kier molecular flexibility index (Phi) is 9.49. The SMILES string of the molecule is CC1=C(CC(=O)OCc2ccc(CO[N+](=O)[O-])cn2)c2cc(F)ccc2/C1=C\c1ccc(S(C)=O)cc1.Cl. The molecule has 1 aliphatic rings.